The molecule has 0 spiro atoms. The normalized spacial score (nSPS) is 36.3. The molecule has 1 heterocycles. The van der Waals surface area contributed by atoms with Crippen molar-refractivity contribution in [2.24, 2.45) is 0 Å². The van der Waals surface area contributed by atoms with Crippen LogP contribution in [0.25, 0.3) is 0 Å². The number of nitrogens with zero attached hydrogens (tertiary/aromatic N) is 1. The van der Waals surface area contributed by atoms with Gasteiger partial charge in [-0.25, -0.2) is 9.25 Å². The first-order chi connectivity index (χ1) is 4.74. The highest BCUT2D eigenvalue weighted by molar-refractivity contribution is 6.14. The maximum atomic E-state index is 9.25. The zero-order valence-corrected chi connectivity index (χ0v) is 6.94. The summed E-state index contributed by atoms with van der Waals surface area (Å²) in [7, 11) is 0. The monoisotopic (exact) mass is 184 g/mol. The minimum absolute atomic E-state index is 0.104. The van der Waals surface area contributed by atoms with Crippen LogP contribution in [0.2, 0.25) is 0 Å². The van der Waals surface area contributed by atoms with Crippen LogP contribution < -0.4 is 4.84 Å². The molecule has 1 rings (SSSR count). The Morgan fingerprint density at radius 2 is 2.30 bits per heavy atom. The summed E-state index contributed by atoms with van der Waals surface area (Å²) in [5.41, 5.74) is 0. The number of aliphatic hydroxyl groups excluding tert-OH is 1. The first kappa shape index (κ1) is 8.56. The van der Waals surface area contributed by atoms with Crippen molar-refractivity contribution < 1.29 is 5.11 Å². The molecule has 2 N–H and O–H groups in total. The molecule has 1 fully saturated rings. The largest absolute Gasteiger partial charge is 0.391 e. The predicted octanol–water partition coefficient (Wildman–Crippen LogP) is 0.319. The van der Waals surface area contributed by atoms with Gasteiger partial charge in [-0.1, -0.05) is 0 Å². The number of halogens is 2. The summed E-state index contributed by atoms with van der Waals surface area (Å²) in [6, 6.07) is -0.104. The van der Waals surface area contributed by atoms with Crippen molar-refractivity contribution in [2.75, 3.05) is 13.1 Å². The number of hydrogen-bond donors (Lipinski definition) is 2. The van der Waals surface area contributed by atoms with Crippen LogP contribution in [0.15, 0.2) is 0 Å². The lowest BCUT2D eigenvalue weighted by molar-refractivity contribution is 0.0858. The van der Waals surface area contributed by atoms with Crippen LogP contribution in [-0.4, -0.2) is 34.8 Å². The van der Waals surface area contributed by atoms with Crippen molar-refractivity contribution in [3.63, 3.8) is 0 Å². The summed E-state index contributed by atoms with van der Waals surface area (Å²) in [5, 5.41) is 9.25. The maximum Gasteiger partial charge on any atom is 0.0731 e. The first-order valence-corrected chi connectivity index (χ1v) is 3.90. The lowest BCUT2D eigenvalue weighted by atomic mass is 10.1. The molecule has 1 aliphatic heterocycles. The van der Waals surface area contributed by atoms with Gasteiger partial charge in [0.15, 0.2) is 0 Å². The van der Waals surface area contributed by atoms with E-state index < -0.39 is 0 Å². The molecule has 5 heteroatoms. The Bertz CT molecular complexity index is 114. The summed E-state index contributed by atoms with van der Waals surface area (Å²) in [5.74, 6) is 0. The summed E-state index contributed by atoms with van der Waals surface area (Å²) >= 11 is 11.0. The average molecular weight is 185 g/mol. The van der Waals surface area contributed by atoms with E-state index in [4.69, 9.17) is 23.6 Å². The first-order valence-electron chi connectivity index (χ1n) is 3.19. The van der Waals surface area contributed by atoms with E-state index in [1.807, 2.05) is 0 Å². The van der Waals surface area contributed by atoms with Crippen LogP contribution in [0, 0.1) is 0 Å². The molecule has 2 atom stereocenters. The lowest BCUT2D eigenvalue weighted by Gasteiger charge is -2.30. The zero-order valence-electron chi connectivity index (χ0n) is 5.43. The van der Waals surface area contributed by atoms with Gasteiger partial charge in [0.2, 0.25) is 0 Å². The van der Waals surface area contributed by atoms with Gasteiger partial charge >= 0.3 is 0 Å². The Morgan fingerprint density at radius 3 is 2.80 bits per heavy atom. The number of aliphatic hydroxyl groups is 1. The van der Waals surface area contributed by atoms with Crippen LogP contribution in [0.4, 0.5) is 0 Å². The fourth-order valence-electron chi connectivity index (χ4n) is 1.01. The maximum absolute atomic E-state index is 9.25. The summed E-state index contributed by atoms with van der Waals surface area (Å²) < 4.78 is 1.62. The SMILES string of the molecule is O[C@H]1CCN(Cl)C[C@@H]1NCl. The van der Waals surface area contributed by atoms with E-state index in [0.717, 1.165) is 6.54 Å². The van der Waals surface area contributed by atoms with Crippen molar-refractivity contribution >= 4 is 23.6 Å². The predicted molar refractivity (Wildman–Crippen MR) is 40.8 cm³/mol. The van der Waals surface area contributed by atoms with E-state index in [0.29, 0.717) is 13.0 Å². The van der Waals surface area contributed by atoms with E-state index in [-0.39, 0.29) is 12.1 Å². The molecule has 0 radical (unpaired) electrons. The number of piperidine rings is 1. The second-order valence-electron chi connectivity index (χ2n) is 2.44. The van der Waals surface area contributed by atoms with Crippen LogP contribution in [0.5, 0.6) is 0 Å². The van der Waals surface area contributed by atoms with Crippen LogP contribution in [0.3, 0.4) is 0 Å². The highest BCUT2D eigenvalue weighted by Gasteiger charge is 2.25. The molecule has 0 unspecified atom stereocenters. The molecular formula is C5H10Cl2N2O. The molecule has 3 nitrogen and oxygen atoms in total. The number of rotatable bonds is 1. The van der Waals surface area contributed by atoms with Crippen molar-refractivity contribution in [3.05, 3.63) is 0 Å². The Morgan fingerprint density at radius 1 is 1.60 bits per heavy atom. The van der Waals surface area contributed by atoms with E-state index >= 15 is 0 Å². The molecule has 0 aliphatic carbocycles. The number of nitrogens with one attached hydrogen (secondary N) is 1. The van der Waals surface area contributed by atoms with Crippen LogP contribution in [0.1, 0.15) is 6.42 Å². The van der Waals surface area contributed by atoms with Crippen molar-refractivity contribution in [1.29, 1.82) is 0 Å². The third-order valence-corrected chi connectivity index (χ3v) is 2.25. The minimum atomic E-state index is -0.368. The average Bonchev–Trinajstić information content (AvgIpc) is 1.94. The third-order valence-electron chi connectivity index (χ3n) is 1.67. The van der Waals surface area contributed by atoms with E-state index in [2.05, 4.69) is 4.84 Å². The molecule has 1 saturated heterocycles. The van der Waals surface area contributed by atoms with Crippen LogP contribution in [-0.2, 0) is 0 Å². The quantitative estimate of drug-likeness (QED) is 0.577. The molecule has 10 heavy (non-hydrogen) atoms. The highest BCUT2D eigenvalue weighted by atomic mass is 35.5. The standard InChI is InChI=1S/C5H10Cl2N2O/c6-8-4-3-9(7)2-1-5(4)10/h4-5,8,10H,1-3H2/t4-,5-/m0/s1. The Hall–Kier alpha value is 0.460. The molecule has 0 bridgehead atoms. The fraction of sp³-hybridized carbons (Fsp3) is 1.00. The van der Waals surface area contributed by atoms with Crippen molar-refractivity contribution in [1.82, 2.24) is 9.25 Å². The zero-order chi connectivity index (χ0) is 7.56. The van der Waals surface area contributed by atoms with Gasteiger partial charge in [-0.2, -0.15) is 0 Å². The molecule has 1 aliphatic rings. The Balaban J connectivity index is 2.38. The number of hydrogen-bond acceptors (Lipinski definition) is 3. The highest BCUT2D eigenvalue weighted by Crippen LogP contribution is 2.12. The Labute approximate surface area is 70.1 Å². The molecular weight excluding hydrogens is 175 g/mol. The smallest absolute Gasteiger partial charge is 0.0731 e. The second kappa shape index (κ2) is 3.74. The summed E-state index contributed by atoms with van der Waals surface area (Å²) in [4.78, 5) is 2.48. The van der Waals surface area contributed by atoms with Gasteiger partial charge in [-0.3, -0.25) is 0 Å². The van der Waals surface area contributed by atoms with Crippen LogP contribution >= 0.6 is 23.6 Å². The minimum Gasteiger partial charge on any atom is -0.391 e. The van der Waals surface area contributed by atoms with Gasteiger partial charge in [-0.15, -0.1) is 0 Å². The summed E-state index contributed by atoms with van der Waals surface area (Å²) in [6.07, 6.45) is 0.306. The van der Waals surface area contributed by atoms with Gasteiger partial charge in [0.05, 0.1) is 12.1 Å². The van der Waals surface area contributed by atoms with Gasteiger partial charge in [0.25, 0.3) is 0 Å². The van der Waals surface area contributed by atoms with Gasteiger partial charge in [0, 0.05) is 13.1 Å². The molecule has 60 valence electrons. The molecule has 0 aromatic rings. The second-order valence-corrected chi connectivity index (χ2v) is 3.14. The molecule has 0 amide bonds. The van der Waals surface area contributed by atoms with Crippen molar-refractivity contribution in [3.8, 4) is 0 Å². The van der Waals surface area contributed by atoms with E-state index in [1.54, 1.807) is 4.42 Å². The molecule has 0 saturated carbocycles. The van der Waals surface area contributed by atoms with E-state index in [1.165, 1.54) is 0 Å². The molecule has 0 aromatic heterocycles. The van der Waals surface area contributed by atoms with Gasteiger partial charge in [-0.05, 0) is 30.0 Å². The van der Waals surface area contributed by atoms with Gasteiger partial charge in [0.1, 0.15) is 0 Å². The fourth-order valence-corrected chi connectivity index (χ4v) is 1.47. The van der Waals surface area contributed by atoms with Crippen molar-refractivity contribution in [2.45, 2.75) is 18.6 Å². The Kier molecular flexibility index (Phi) is 3.20. The third kappa shape index (κ3) is 1.97. The topological polar surface area (TPSA) is 35.5 Å². The molecule has 0 aromatic carbocycles. The van der Waals surface area contributed by atoms with E-state index in [9.17, 15) is 5.11 Å². The van der Waals surface area contributed by atoms with Gasteiger partial charge < -0.3 is 5.11 Å². The summed E-state index contributed by atoms with van der Waals surface area (Å²) in [6.45, 7) is 1.31. The lowest BCUT2D eigenvalue weighted by Crippen LogP contribution is -2.48.